The van der Waals surface area contributed by atoms with Crippen LogP contribution in [0.15, 0.2) is 29.2 Å². The zero-order valence-electron chi connectivity index (χ0n) is 9.69. The van der Waals surface area contributed by atoms with Gasteiger partial charge in [-0.15, -0.1) is 12.6 Å². The van der Waals surface area contributed by atoms with Crippen LogP contribution in [-0.4, -0.2) is 25.2 Å². The first-order chi connectivity index (χ1) is 8.24. The minimum Gasteiger partial charge on any atom is -0.379 e. The molecule has 1 aliphatic heterocycles. The summed E-state index contributed by atoms with van der Waals surface area (Å²) < 4.78 is 5.32. The maximum Gasteiger partial charge on any atom is 0.224 e. The molecular weight excluding hydrogens is 234 g/mol. The van der Waals surface area contributed by atoms with Gasteiger partial charge in [-0.2, -0.15) is 0 Å². The second kappa shape index (κ2) is 6.07. The standard InChI is InChI=1S/C13H17NO2S/c15-13(14-11-2-1-7-16-9-11)8-10-3-5-12(17)6-4-10/h3-6,11,17H,1-2,7-9H2,(H,14,15). The van der Waals surface area contributed by atoms with Crippen LogP contribution in [0.25, 0.3) is 0 Å². The van der Waals surface area contributed by atoms with Crippen molar-refractivity contribution in [3.8, 4) is 0 Å². The van der Waals surface area contributed by atoms with Gasteiger partial charge in [0.15, 0.2) is 0 Å². The van der Waals surface area contributed by atoms with Gasteiger partial charge in [-0.25, -0.2) is 0 Å². The molecule has 1 unspecified atom stereocenters. The maximum atomic E-state index is 11.8. The van der Waals surface area contributed by atoms with Crippen molar-refractivity contribution in [1.82, 2.24) is 5.32 Å². The first-order valence-electron chi connectivity index (χ1n) is 5.89. The Morgan fingerprint density at radius 2 is 2.18 bits per heavy atom. The molecule has 1 aliphatic rings. The Kier molecular flexibility index (Phi) is 4.45. The molecule has 4 heteroatoms. The number of thiol groups is 1. The smallest absolute Gasteiger partial charge is 0.224 e. The van der Waals surface area contributed by atoms with Crippen LogP contribution >= 0.6 is 12.6 Å². The van der Waals surface area contributed by atoms with E-state index in [1.165, 1.54) is 0 Å². The van der Waals surface area contributed by atoms with Crippen molar-refractivity contribution >= 4 is 18.5 Å². The summed E-state index contributed by atoms with van der Waals surface area (Å²) in [5.74, 6) is 0.0624. The molecule has 92 valence electrons. The summed E-state index contributed by atoms with van der Waals surface area (Å²) in [4.78, 5) is 12.7. The number of hydrogen-bond acceptors (Lipinski definition) is 3. The minimum absolute atomic E-state index is 0.0624. The zero-order valence-corrected chi connectivity index (χ0v) is 10.6. The summed E-state index contributed by atoms with van der Waals surface area (Å²) >= 11 is 4.21. The molecule has 1 atom stereocenters. The van der Waals surface area contributed by atoms with Crippen LogP contribution in [0.1, 0.15) is 18.4 Å². The van der Waals surface area contributed by atoms with Crippen LogP contribution in [0.3, 0.4) is 0 Å². The molecule has 2 rings (SSSR count). The molecule has 3 nitrogen and oxygen atoms in total. The van der Waals surface area contributed by atoms with Crippen molar-refractivity contribution in [3.63, 3.8) is 0 Å². The molecule has 0 aromatic heterocycles. The van der Waals surface area contributed by atoms with Crippen LogP contribution in [0.2, 0.25) is 0 Å². The monoisotopic (exact) mass is 251 g/mol. The highest BCUT2D eigenvalue weighted by Crippen LogP contribution is 2.09. The molecule has 1 aromatic carbocycles. The molecule has 0 bridgehead atoms. The third kappa shape index (κ3) is 4.06. The van der Waals surface area contributed by atoms with E-state index in [0.717, 1.165) is 29.9 Å². The van der Waals surface area contributed by atoms with Gasteiger partial charge >= 0.3 is 0 Å². The van der Waals surface area contributed by atoms with Crippen molar-refractivity contribution in [2.24, 2.45) is 0 Å². The fourth-order valence-corrected chi connectivity index (χ4v) is 2.08. The van der Waals surface area contributed by atoms with Gasteiger partial charge < -0.3 is 10.1 Å². The van der Waals surface area contributed by atoms with Crippen LogP contribution in [0.5, 0.6) is 0 Å². The van der Waals surface area contributed by atoms with E-state index in [2.05, 4.69) is 17.9 Å². The van der Waals surface area contributed by atoms with Gasteiger partial charge in [-0.1, -0.05) is 12.1 Å². The Hall–Kier alpha value is -1.00. The average Bonchev–Trinajstić information content (AvgIpc) is 2.33. The highest BCUT2D eigenvalue weighted by atomic mass is 32.1. The summed E-state index contributed by atoms with van der Waals surface area (Å²) in [6, 6.07) is 7.84. The zero-order chi connectivity index (χ0) is 12.1. The minimum atomic E-state index is 0.0624. The number of nitrogens with one attached hydrogen (secondary N) is 1. The summed E-state index contributed by atoms with van der Waals surface area (Å²) in [5.41, 5.74) is 1.01. The van der Waals surface area contributed by atoms with E-state index in [1.807, 2.05) is 24.3 Å². The van der Waals surface area contributed by atoms with Gasteiger partial charge in [-0.05, 0) is 30.5 Å². The molecule has 1 saturated heterocycles. The van der Waals surface area contributed by atoms with E-state index in [1.54, 1.807) is 0 Å². The van der Waals surface area contributed by atoms with Gasteiger partial charge in [0.05, 0.1) is 19.1 Å². The van der Waals surface area contributed by atoms with Gasteiger partial charge in [0.25, 0.3) is 0 Å². The Bertz CT molecular complexity index is 372. The molecule has 17 heavy (non-hydrogen) atoms. The highest BCUT2D eigenvalue weighted by Gasteiger charge is 2.15. The number of ether oxygens (including phenoxy) is 1. The molecule has 1 fully saturated rings. The van der Waals surface area contributed by atoms with Crippen molar-refractivity contribution in [2.75, 3.05) is 13.2 Å². The van der Waals surface area contributed by atoms with Gasteiger partial charge in [-0.3, -0.25) is 4.79 Å². The number of carbonyl (C=O) groups excluding carboxylic acids is 1. The Morgan fingerprint density at radius 3 is 2.82 bits per heavy atom. The molecular formula is C13H17NO2S. The number of amides is 1. The van der Waals surface area contributed by atoms with E-state index >= 15 is 0 Å². The number of rotatable bonds is 3. The molecule has 0 spiro atoms. The van der Waals surface area contributed by atoms with Crippen molar-refractivity contribution in [2.45, 2.75) is 30.2 Å². The van der Waals surface area contributed by atoms with Crippen LogP contribution in [0, 0.1) is 0 Å². The molecule has 0 saturated carbocycles. The predicted molar refractivity (Wildman–Crippen MR) is 69.4 cm³/mol. The lowest BCUT2D eigenvalue weighted by Gasteiger charge is -2.23. The van der Waals surface area contributed by atoms with Crippen LogP contribution < -0.4 is 5.32 Å². The van der Waals surface area contributed by atoms with Crippen molar-refractivity contribution < 1.29 is 9.53 Å². The Balaban J connectivity index is 1.82. The van der Waals surface area contributed by atoms with E-state index in [9.17, 15) is 4.79 Å². The summed E-state index contributed by atoms with van der Waals surface area (Å²) in [6.07, 6.45) is 2.46. The fraction of sp³-hybridized carbons (Fsp3) is 0.462. The largest absolute Gasteiger partial charge is 0.379 e. The predicted octanol–water partition coefficient (Wildman–Crippen LogP) is 1.81. The quantitative estimate of drug-likeness (QED) is 0.804. The molecule has 1 N–H and O–H groups in total. The average molecular weight is 251 g/mol. The van der Waals surface area contributed by atoms with Gasteiger partial charge in [0.2, 0.25) is 5.91 Å². The summed E-state index contributed by atoms with van der Waals surface area (Å²) in [5, 5.41) is 3.00. The number of benzene rings is 1. The van der Waals surface area contributed by atoms with Gasteiger partial charge in [0.1, 0.15) is 0 Å². The highest BCUT2D eigenvalue weighted by molar-refractivity contribution is 7.80. The van der Waals surface area contributed by atoms with Crippen molar-refractivity contribution in [3.05, 3.63) is 29.8 Å². The number of carbonyl (C=O) groups is 1. The Labute approximate surface area is 107 Å². The molecule has 1 amide bonds. The third-order valence-electron chi connectivity index (χ3n) is 2.83. The topological polar surface area (TPSA) is 38.3 Å². The first-order valence-corrected chi connectivity index (χ1v) is 6.34. The van der Waals surface area contributed by atoms with E-state index in [-0.39, 0.29) is 11.9 Å². The maximum absolute atomic E-state index is 11.8. The van der Waals surface area contributed by atoms with E-state index < -0.39 is 0 Å². The lowest BCUT2D eigenvalue weighted by atomic mass is 10.1. The molecule has 1 heterocycles. The second-order valence-corrected chi connectivity index (χ2v) is 4.84. The Morgan fingerprint density at radius 1 is 1.41 bits per heavy atom. The summed E-state index contributed by atoms with van der Waals surface area (Å²) in [6.45, 7) is 1.46. The summed E-state index contributed by atoms with van der Waals surface area (Å²) in [7, 11) is 0. The second-order valence-electron chi connectivity index (χ2n) is 4.32. The van der Waals surface area contributed by atoms with Crippen LogP contribution in [-0.2, 0) is 16.0 Å². The SMILES string of the molecule is O=C(Cc1ccc(S)cc1)NC1CCCOC1. The van der Waals surface area contributed by atoms with E-state index in [0.29, 0.717) is 13.0 Å². The molecule has 1 aromatic rings. The lowest BCUT2D eigenvalue weighted by Crippen LogP contribution is -2.41. The van der Waals surface area contributed by atoms with Crippen molar-refractivity contribution in [1.29, 1.82) is 0 Å². The fourth-order valence-electron chi connectivity index (χ4n) is 1.93. The first kappa shape index (κ1) is 12.5. The normalized spacial score (nSPS) is 19.9. The van der Waals surface area contributed by atoms with E-state index in [4.69, 9.17) is 4.74 Å². The van der Waals surface area contributed by atoms with Crippen LogP contribution in [0.4, 0.5) is 0 Å². The third-order valence-corrected chi connectivity index (χ3v) is 3.12. The number of hydrogen-bond donors (Lipinski definition) is 2. The van der Waals surface area contributed by atoms with Gasteiger partial charge in [0, 0.05) is 11.5 Å². The molecule has 0 aliphatic carbocycles. The molecule has 0 radical (unpaired) electrons. The lowest BCUT2D eigenvalue weighted by molar-refractivity contribution is -0.122.